The topological polar surface area (TPSA) is 115 Å². The fourth-order valence-corrected chi connectivity index (χ4v) is 6.17. The maximum atomic E-state index is 13.7. The number of hydrogen-bond donors (Lipinski definition) is 1. The van der Waals surface area contributed by atoms with Gasteiger partial charge in [-0.3, -0.25) is 14.5 Å². The molecule has 41 heavy (non-hydrogen) atoms. The lowest BCUT2D eigenvalue weighted by molar-refractivity contribution is -0.117. The minimum absolute atomic E-state index is 0.0102. The van der Waals surface area contributed by atoms with Gasteiger partial charge >= 0.3 is 0 Å². The average Bonchev–Trinajstić information content (AvgIpc) is 3.70. The van der Waals surface area contributed by atoms with Crippen LogP contribution < -0.4 is 14.4 Å². The molecule has 0 saturated carbocycles. The number of thioether (sulfide) groups is 1. The van der Waals surface area contributed by atoms with Crippen LogP contribution in [0.2, 0.25) is 0 Å². The van der Waals surface area contributed by atoms with Gasteiger partial charge in [0.2, 0.25) is 10.9 Å². The van der Waals surface area contributed by atoms with Gasteiger partial charge in [-0.15, -0.1) is 10.2 Å². The minimum Gasteiger partial charge on any atom is -0.503 e. The Morgan fingerprint density at radius 1 is 1.15 bits per heavy atom. The van der Waals surface area contributed by atoms with Crippen molar-refractivity contribution in [3.8, 4) is 11.5 Å². The zero-order valence-corrected chi connectivity index (χ0v) is 24.0. The Hall–Kier alpha value is -4.35. The van der Waals surface area contributed by atoms with Gasteiger partial charge in [0, 0.05) is 5.75 Å². The van der Waals surface area contributed by atoms with Crippen LogP contribution in [0.5, 0.6) is 11.5 Å². The Kier molecular flexibility index (Phi) is 8.55. The lowest BCUT2D eigenvalue weighted by Crippen LogP contribution is -2.31. The second-order valence-electron chi connectivity index (χ2n) is 8.94. The molecule has 210 valence electrons. The van der Waals surface area contributed by atoms with E-state index in [9.17, 15) is 14.7 Å². The van der Waals surface area contributed by atoms with Crippen molar-refractivity contribution in [2.24, 2.45) is 0 Å². The highest BCUT2D eigenvalue weighted by molar-refractivity contribution is 8.00. The van der Waals surface area contributed by atoms with E-state index in [0.717, 1.165) is 5.56 Å². The van der Waals surface area contributed by atoms with Crippen LogP contribution in [-0.2, 0) is 10.5 Å². The first-order valence-electron chi connectivity index (χ1n) is 12.8. The van der Waals surface area contributed by atoms with E-state index in [2.05, 4.69) is 16.8 Å². The van der Waals surface area contributed by atoms with Gasteiger partial charge in [-0.25, -0.2) is 0 Å². The summed E-state index contributed by atoms with van der Waals surface area (Å²) >= 11 is 2.68. The molecule has 2 aromatic carbocycles. The number of carbonyl (C=O) groups is 2. The molecule has 1 N–H and O–H groups in total. The lowest BCUT2D eigenvalue weighted by atomic mass is 9.95. The second-order valence-corrected chi connectivity index (χ2v) is 11.1. The summed E-state index contributed by atoms with van der Waals surface area (Å²) in [6.07, 6.45) is 1.62. The molecule has 2 aromatic heterocycles. The highest BCUT2D eigenvalue weighted by atomic mass is 32.2. The van der Waals surface area contributed by atoms with Crippen molar-refractivity contribution in [3.05, 3.63) is 107 Å². The van der Waals surface area contributed by atoms with E-state index in [0.29, 0.717) is 39.5 Å². The van der Waals surface area contributed by atoms with Crippen LogP contribution >= 0.6 is 23.1 Å². The number of aromatic nitrogens is 2. The SMILES string of the molecule is C=CCOc1ccc(C2C(C(=O)c3ccc(C)o3)=C(O)C(=O)N2c2nnc(SCc3ccccc3)s2)cc1OCC. The number of amides is 1. The first-order valence-corrected chi connectivity index (χ1v) is 14.6. The predicted molar refractivity (Wildman–Crippen MR) is 157 cm³/mol. The van der Waals surface area contributed by atoms with Crippen LogP contribution in [-0.4, -0.2) is 40.2 Å². The maximum Gasteiger partial charge on any atom is 0.296 e. The smallest absolute Gasteiger partial charge is 0.296 e. The largest absolute Gasteiger partial charge is 0.503 e. The fraction of sp³-hybridized carbons (Fsp3) is 0.200. The molecule has 0 aliphatic carbocycles. The molecule has 3 heterocycles. The standard InChI is InChI=1S/C30H27N3O6S2/c1-4-15-38-21-14-12-20(16-23(21)37-5-2)25-24(26(34)22-13-11-18(3)39-22)27(35)28(36)33(25)29-31-32-30(41-29)40-17-19-9-7-6-8-10-19/h4,6-14,16,25,35H,1,5,15,17H2,2-3H3. The van der Waals surface area contributed by atoms with E-state index in [1.165, 1.54) is 34.1 Å². The number of ether oxygens (including phenoxy) is 2. The Morgan fingerprint density at radius 3 is 2.66 bits per heavy atom. The number of anilines is 1. The normalized spacial score (nSPS) is 14.9. The number of rotatable bonds is 12. The summed E-state index contributed by atoms with van der Waals surface area (Å²) in [6, 6.07) is 17.2. The molecule has 1 aliphatic heterocycles. The molecule has 0 spiro atoms. The molecular formula is C30H27N3O6S2. The van der Waals surface area contributed by atoms with Crippen LogP contribution in [0.1, 0.15) is 40.4 Å². The van der Waals surface area contributed by atoms with Gasteiger partial charge in [-0.05, 0) is 49.2 Å². The molecule has 0 radical (unpaired) electrons. The molecule has 1 aliphatic rings. The molecule has 0 saturated heterocycles. The zero-order valence-electron chi connectivity index (χ0n) is 22.4. The van der Waals surface area contributed by atoms with Crippen molar-refractivity contribution in [1.82, 2.24) is 10.2 Å². The summed E-state index contributed by atoms with van der Waals surface area (Å²) in [5, 5.41) is 19.9. The van der Waals surface area contributed by atoms with Gasteiger partial charge in [-0.1, -0.05) is 72.2 Å². The predicted octanol–water partition coefficient (Wildman–Crippen LogP) is 6.48. The number of hydrogen-bond acceptors (Lipinski definition) is 10. The maximum absolute atomic E-state index is 13.7. The first-order chi connectivity index (χ1) is 19.9. The van der Waals surface area contributed by atoms with E-state index < -0.39 is 23.5 Å². The van der Waals surface area contributed by atoms with Crippen molar-refractivity contribution in [2.45, 2.75) is 30.0 Å². The van der Waals surface area contributed by atoms with Crippen molar-refractivity contribution < 1.29 is 28.6 Å². The molecule has 0 fully saturated rings. The Labute approximate surface area is 245 Å². The number of carbonyl (C=O) groups excluding carboxylic acids is 2. The molecule has 1 unspecified atom stereocenters. The minimum atomic E-state index is -1.02. The summed E-state index contributed by atoms with van der Waals surface area (Å²) in [5.41, 5.74) is 1.50. The number of aliphatic hydroxyl groups is 1. The van der Waals surface area contributed by atoms with E-state index >= 15 is 0 Å². The fourth-order valence-electron chi connectivity index (χ4n) is 4.35. The summed E-state index contributed by atoms with van der Waals surface area (Å²) in [6.45, 7) is 7.86. The van der Waals surface area contributed by atoms with E-state index in [4.69, 9.17) is 13.9 Å². The number of furan rings is 1. The second kappa shape index (κ2) is 12.4. The Morgan fingerprint density at radius 2 is 1.95 bits per heavy atom. The number of Topliss-reactive ketones (excluding diaryl/α,β-unsaturated/α-hetero) is 1. The van der Waals surface area contributed by atoms with Gasteiger partial charge in [-0.2, -0.15) is 0 Å². The quantitative estimate of drug-likeness (QED) is 0.0858. The molecular weight excluding hydrogens is 562 g/mol. The summed E-state index contributed by atoms with van der Waals surface area (Å²) in [5.74, 6) is 0.0580. The third-order valence-corrected chi connectivity index (χ3v) is 8.29. The van der Waals surface area contributed by atoms with E-state index in [1.54, 1.807) is 37.3 Å². The summed E-state index contributed by atoms with van der Waals surface area (Å²) in [7, 11) is 0. The van der Waals surface area contributed by atoms with Crippen LogP contribution in [0.15, 0.2) is 93.4 Å². The average molecular weight is 590 g/mol. The number of ketones is 1. The number of nitrogens with zero attached hydrogens (tertiary/aromatic N) is 3. The van der Waals surface area contributed by atoms with Gasteiger partial charge in [0.1, 0.15) is 12.4 Å². The first kappa shape index (κ1) is 28.2. The highest BCUT2D eigenvalue weighted by Gasteiger charge is 2.47. The van der Waals surface area contributed by atoms with Crippen molar-refractivity contribution >= 4 is 39.9 Å². The van der Waals surface area contributed by atoms with Crippen molar-refractivity contribution in [2.75, 3.05) is 18.1 Å². The lowest BCUT2D eigenvalue weighted by Gasteiger charge is -2.24. The number of aryl methyl sites for hydroxylation is 1. The molecule has 9 nitrogen and oxygen atoms in total. The van der Waals surface area contributed by atoms with Crippen LogP contribution in [0.3, 0.4) is 0 Å². The van der Waals surface area contributed by atoms with Crippen molar-refractivity contribution in [1.29, 1.82) is 0 Å². The zero-order chi connectivity index (χ0) is 28.9. The summed E-state index contributed by atoms with van der Waals surface area (Å²) in [4.78, 5) is 28.5. The van der Waals surface area contributed by atoms with Crippen LogP contribution in [0, 0.1) is 6.92 Å². The third-order valence-electron chi connectivity index (χ3n) is 6.16. The third kappa shape index (κ3) is 5.91. The molecule has 11 heteroatoms. The van der Waals surface area contributed by atoms with Crippen LogP contribution in [0.4, 0.5) is 5.13 Å². The molecule has 5 rings (SSSR count). The number of aliphatic hydroxyl groups excluding tert-OH is 1. The molecule has 1 atom stereocenters. The van der Waals surface area contributed by atoms with Gasteiger partial charge in [0.15, 0.2) is 27.4 Å². The van der Waals surface area contributed by atoms with Gasteiger partial charge < -0.3 is 19.0 Å². The Bertz CT molecular complexity index is 1610. The number of benzene rings is 2. The van der Waals surface area contributed by atoms with E-state index in [-0.39, 0.29) is 23.1 Å². The van der Waals surface area contributed by atoms with Crippen LogP contribution in [0.25, 0.3) is 0 Å². The van der Waals surface area contributed by atoms with Gasteiger partial charge in [0.05, 0.1) is 18.2 Å². The summed E-state index contributed by atoms with van der Waals surface area (Å²) < 4.78 is 17.8. The Balaban J connectivity index is 1.55. The molecule has 0 bridgehead atoms. The molecule has 4 aromatic rings. The van der Waals surface area contributed by atoms with Crippen molar-refractivity contribution in [3.63, 3.8) is 0 Å². The van der Waals surface area contributed by atoms with Gasteiger partial charge in [0.25, 0.3) is 5.91 Å². The highest BCUT2D eigenvalue weighted by Crippen LogP contribution is 2.45. The molecule has 1 amide bonds. The monoisotopic (exact) mass is 589 g/mol. The van der Waals surface area contributed by atoms with E-state index in [1.807, 2.05) is 37.3 Å².